The van der Waals surface area contributed by atoms with Crippen LogP contribution >= 0.6 is 11.6 Å². The lowest BCUT2D eigenvalue weighted by molar-refractivity contribution is 0.0902. The fraction of sp³-hybridized carbons (Fsp3) is 0.240. The molecule has 0 radical (unpaired) electrons. The Morgan fingerprint density at radius 1 is 1.12 bits per heavy atom. The van der Waals surface area contributed by atoms with Crippen molar-refractivity contribution in [3.63, 3.8) is 0 Å². The van der Waals surface area contributed by atoms with Gasteiger partial charge in [0, 0.05) is 23.2 Å². The Hall–Kier alpha value is -3.78. The highest BCUT2D eigenvalue weighted by atomic mass is 35.5. The normalized spacial score (nSPS) is 17.1. The van der Waals surface area contributed by atoms with E-state index in [1.807, 2.05) is 47.9 Å². The number of halogens is 1. The zero-order valence-electron chi connectivity index (χ0n) is 18.6. The van der Waals surface area contributed by atoms with Gasteiger partial charge in [-0.25, -0.2) is 4.98 Å². The van der Waals surface area contributed by atoms with Crippen LogP contribution in [0.2, 0.25) is 5.02 Å². The summed E-state index contributed by atoms with van der Waals surface area (Å²) in [4.78, 5) is 21.1. The third-order valence-corrected chi connectivity index (χ3v) is 6.00. The predicted octanol–water partition coefficient (Wildman–Crippen LogP) is 4.45. The van der Waals surface area contributed by atoms with Crippen LogP contribution in [0, 0.1) is 0 Å². The van der Waals surface area contributed by atoms with Crippen molar-refractivity contribution < 1.29 is 9.53 Å². The summed E-state index contributed by atoms with van der Waals surface area (Å²) in [5.74, 6) is 2.11. The van der Waals surface area contributed by atoms with Crippen molar-refractivity contribution in [2.45, 2.75) is 31.7 Å². The molecule has 5 rings (SSSR count). The minimum absolute atomic E-state index is 0.0519. The van der Waals surface area contributed by atoms with Crippen LogP contribution in [-0.2, 0) is 0 Å². The molecule has 1 aliphatic carbocycles. The van der Waals surface area contributed by atoms with Crippen molar-refractivity contribution in [1.29, 1.82) is 0 Å². The van der Waals surface area contributed by atoms with Crippen LogP contribution in [0.5, 0.6) is 5.75 Å². The maximum Gasteiger partial charge on any atom is 0.270 e. The van der Waals surface area contributed by atoms with Crippen molar-refractivity contribution in [1.82, 2.24) is 30.0 Å². The number of benzene rings is 1. The SMILES string of the molecule is CCOc1ccc(-c2nnc([C@H]3C[C@H](NC(=O)c4ccccn4)C3)n2-c2cccc(Cl)c2)nc1. The molecule has 9 heteroatoms. The van der Waals surface area contributed by atoms with E-state index in [1.54, 1.807) is 30.6 Å². The predicted molar refractivity (Wildman–Crippen MR) is 128 cm³/mol. The molecule has 0 saturated heterocycles. The first kappa shape index (κ1) is 22.0. The van der Waals surface area contributed by atoms with Gasteiger partial charge in [-0.1, -0.05) is 23.7 Å². The van der Waals surface area contributed by atoms with Crippen molar-refractivity contribution in [2.75, 3.05) is 6.61 Å². The minimum atomic E-state index is -0.167. The van der Waals surface area contributed by atoms with E-state index in [0.29, 0.717) is 34.6 Å². The molecule has 0 atom stereocenters. The Morgan fingerprint density at radius 3 is 2.71 bits per heavy atom. The molecule has 1 amide bonds. The summed E-state index contributed by atoms with van der Waals surface area (Å²) in [6.45, 7) is 2.50. The van der Waals surface area contributed by atoms with Crippen LogP contribution in [-0.4, -0.2) is 43.3 Å². The average Bonchev–Trinajstić information content (AvgIpc) is 3.27. The molecule has 0 aliphatic heterocycles. The van der Waals surface area contributed by atoms with E-state index in [4.69, 9.17) is 16.3 Å². The number of carbonyl (C=O) groups is 1. The van der Waals surface area contributed by atoms with E-state index in [0.717, 1.165) is 24.4 Å². The number of rotatable bonds is 7. The highest BCUT2D eigenvalue weighted by Crippen LogP contribution is 2.38. The summed E-state index contributed by atoms with van der Waals surface area (Å²) in [6.07, 6.45) is 4.81. The number of hydrogen-bond acceptors (Lipinski definition) is 6. The van der Waals surface area contributed by atoms with E-state index in [2.05, 4.69) is 25.5 Å². The molecule has 0 unspecified atom stereocenters. The third-order valence-electron chi connectivity index (χ3n) is 5.77. The van der Waals surface area contributed by atoms with Gasteiger partial charge in [-0.2, -0.15) is 0 Å². The molecule has 1 saturated carbocycles. The van der Waals surface area contributed by atoms with Gasteiger partial charge in [-0.3, -0.25) is 14.3 Å². The highest BCUT2D eigenvalue weighted by Gasteiger charge is 2.36. The Kier molecular flexibility index (Phi) is 6.22. The van der Waals surface area contributed by atoms with Crippen LogP contribution in [0.1, 0.15) is 42.0 Å². The van der Waals surface area contributed by atoms with E-state index in [1.165, 1.54) is 0 Å². The van der Waals surface area contributed by atoms with Crippen LogP contribution in [0.25, 0.3) is 17.2 Å². The monoisotopic (exact) mass is 474 g/mol. The first-order valence-electron chi connectivity index (χ1n) is 11.1. The smallest absolute Gasteiger partial charge is 0.270 e. The first-order chi connectivity index (χ1) is 16.6. The molecule has 1 aliphatic rings. The molecular weight excluding hydrogens is 452 g/mol. The van der Waals surface area contributed by atoms with Gasteiger partial charge in [0.25, 0.3) is 5.91 Å². The molecule has 0 spiro atoms. The van der Waals surface area contributed by atoms with Crippen molar-refractivity contribution in [3.8, 4) is 23.0 Å². The number of ether oxygens (including phenoxy) is 1. The molecular formula is C25H23ClN6O2. The van der Waals surface area contributed by atoms with Crippen molar-refractivity contribution >= 4 is 17.5 Å². The molecule has 172 valence electrons. The van der Waals surface area contributed by atoms with Gasteiger partial charge < -0.3 is 10.1 Å². The Bertz CT molecular complexity index is 1290. The number of nitrogens with zero attached hydrogens (tertiary/aromatic N) is 5. The third kappa shape index (κ3) is 4.49. The van der Waals surface area contributed by atoms with Crippen LogP contribution < -0.4 is 10.1 Å². The van der Waals surface area contributed by atoms with Gasteiger partial charge in [-0.15, -0.1) is 10.2 Å². The van der Waals surface area contributed by atoms with Crippen LogP contribution in [0.15, 0.2) is 67.0 Å². The van der Waals surface area contributed by atoms with Gasteiger partial charge in [0.05, 0.1) is 18.5 Å². The number of nitrogens with one attached hydrogen (secondary N) is 1. The van der Waals surface area contributed by atoms with E-state index in [-0.39, 0.29) is 17.9 Å². The summed E-state index contributed by atoms with van der Waals surface area (Å²) in [6, 6.07) is 16.7. The van der Waals surface area contributed by atoms with Gasteiger partial charge in [0.1, 0.15) is 23.0 Å². The van der Waals surface area contributed by atoms with E-state index >= 15 is 0 Å². The van der Waals surface area contributed by atoms with Crippen LogP contribution in [0.3, 0.4) is 0 Å². The summed E-state index contributed by atoms with van der Waals surface area (Å²) in [7, 11) is 0. The number of aromatic nitrogens is 5. The summed E-state index contributed by atoms with van der Waals surface area (Å²) < 4.78 is 7.51. The minimum Gasteiger partial charge on any atom is -0.492 e. The summed E-state index contributed by atoms with van der Waals surface area (Å²) in [5, 5.41) is 12.7. The fourth-order valence-electron chi connectivity index (χ4n) is 4.06. The molecule has 3 aromatic heterocycles. The Balaban J connectivity index is 1.40. The average molecular weight is 475 g/mol. The second-order valence-corrected chi connectivity index (χ2v) is 8.50. The Morgan fingerprint density at radius 2 is 2.00 bits per heavy atom. The van der Waals surface area contributed by atoms with Crippen molar-refractivity contribution in [3.05, 3.63) is 83.5 Å². The second kappa shape index (κ2) is 9.61. The quantitative estimate of drug-likeness (QED) is 0.425. The summed E-state index contributed by atoms with van der Waals surface area (Å²) in [5.41, 5.74) is 1.96. The maximum atomic E-state index is 12.4. The first-order valence-corrected chi connectivity index (χ1v) is 11.5. The molecule has 3 heterocycles. The molecule has 4 aromatic rings. The largest absolute Gasteiger partial charge is 0.492 e. The standard InChI is InChI=1S/C25H23ClN6O2/c1-2-34-20-9-10-21(28-15-20)24-31-30-23(32(24)19-7-5-6-17(26)14-19)16-12-18(13-16)29-25(33)22-8-3-4-11-27-22/h3-11,14-16,18H,2,12-13H2,1H3,(H,29,33)/t16-,18-. The van der Waals surface area contributed by atoms with Gasteiger partial charge >= 0.3 is 0 Å². The topological polar surface area (TPSA) is 94.8 Å². The molecule has 1 aromatic carbocycles. The van der Waals surface area contributed by atoms with Crippen molar-refractivity contribution in [2.24, 2.45) is 0 Å². The fourth-order valence-corrected chi connectivity index (χ4v) is 4.25. The molecule has 1 N–H and O–H groups in total. The lowest BCUT2D eigenvalue weighted by Crippen LogP contribution is -2.44. The molecule has 8 nitrogen and oxygen atoms in total. The second-order valence-electron chi connectivity index (χ2n) is 8.06. The lowest BCUT2D eigenvalue weighted by atomic mass is 9.79. The lowest BCUT2D eigenvalue weighted by Gasteiger charge is -2.35. The molecule has 1 fully saturated rings. The number of pyridine rings is 2. The van der Waals surface area contributed by atoms with Crippen LogP contribution in [0.4, 0.5) is 0 Å². The number of carbonyl (C=O) groups excluding carboxylic acids is 1. The van der Waals surface area contributed by atoms with Gasteiger partial charge in [-0.05, 0) is 62.2 Å². The van der Waals surface area contributed by atoms with Gasteiger partial charge in [0.15, 0.2) is 5.82 Å². The zero-order chi connectivity index (χ0) is 23.5. The molecule has 0 bridgehead atoms. The molecule has 34 heavy (non-hydrogen) atoms. The van der Waals surface area contributed by atoms with Gasteiger partial charge in [0.2, 0.25) is 0 Å². The van der Waals surface area contributed by atoms with E-state index < -0.39 is 0 Å². The number of amides is 1. The maximum absolute atomic E-state index is 12.4. The highest BCUT2D eigenvalue weighted by molar-refractivity contribution is 6.30. The zero-order valence-corrected chi connectivity index (χ0v) is 19.3. The number of hydrogen-bond donors (Lipinski definition) is 1. The Labute approximate surface area is 202 Å². The van der Waals surface area contributed by atoms with E-state index in [9.17, 15) is 4.79 Å². The summed E-state index contributed by atoms with van der Waals surface area (Å²) >= 11 is 6.29.